The van der Waals surface area contributed by atoms with Gasteiger partial charge >= 0.3 is 0 Å². The topological polar surface area (TPSA) is 24.9 Å². The first-order valence-corrected chi connectivity index (χ1v) is 6.43. The van der Waals surface area contributed by atoms with Crippen molar-refractivity contribution in [2.24, 2.45) is 5.92 Å². The van der Waals surface area contributed by atoms with Crippen molar-refractivity contribution in [1.29, 1.82) is 0 Å². The standard InChI is InChI=1S/C10H15ClN2S/c1-7-5-12-3-2-9(7)10-13-8(4-11)6-14-10/h6-7,9,12H,2-5H2,1H3. The lowest BCUT2D eigenvalue weighted by molar-refractivity contribution is 0.348. The molecule has 2 heterocycles. The summed E-state index contributed by atoms with van der Waals surface area (Å²) < 4.78 is 0. The smallest absolute Gasteiger partial charge is 0.0963 e. The zero-order valence-corrected chi connectivity index (χ0v) is 9.87. The molecule has 1 fully saturated rings. The molecule has 2 nitrogen and oxygen atoms in total. The van der Waals surface area contributed by atoms with Crippen molar-refractivity contribution in [1.82, 2.24) is 10.3 Å². The molecule has 0 aromatic carbocycles. The van der Waals surface area contributed by atoms with E-state index in [2.05, 4.69) is 22.6 Å². The third-order valence-electron chi connectivity index (χ3n) is 2.81. The van der Waals surface area contributed by atoms with Crippen LogP contribution in [0.25, 0.3) is 0 Å². The number of nitrogens with one attached hydrogen (secondary N) is 1. The first kappa shape index (κ1) is 10.4. The maximum atomic E-state index is 5.75. The van der Waals surface area contributed by atoms with Gasteiger partial charge in [0.15, 0.2) is 0 Å². The zero-order valence-electron chi connectivity index (χ0n) is 8.29. The summed E-state index contributed by atoms with van der Waals surface area (Å²) in [7, 11) is 0. The summed E-state index contributed by atoms with van der Waals surface area (Å²) in [6.07, 6.45) is 1.20. The first-order valence-electron chi connectivity index (χ1n) is 5.02. The molecule has 1 aliphatic heterocycles. The molecule has 0 aliphatic carbocycles. The maximum absolute atomic E-state index is 5.75. The van der Waals surface area contributed by atoms with Crippen LogP contribution in [0.3, 0.4) is 0 Å². The highest BCUT2D eigenvalue weighted by molar-refractivity contribution is 7.09. The molecule has 0 radical (unpaired) electrons. The fourth-order valence-corrected chi connectivity index (χ4v) is 3.25. The van der Waals surface area contributed by atoms with Crippen LogP contribution in [0.5, 0.6) is 0 Å². The second-order valence-corrected chi connectivity index (χ2v) is 5.04. The Balaban J connectivity index is 2.12. The first-order chi connectivity index (χ1) is 6.81. The van der Waals surface area contributed by atoms with Crippen LogP contribution in [0.15, 0.2) is 5.38 Å². The lowest BCUT2D eigenvalue weighted by Crippen LogP contribution is -2.33. The van der Waals surface area contributed by atoms with Gasteiger partial charge in [-0.25, -0.2) is 4.98 Å². The van der Waals surface area contributed by atoms with E-state index in [0.717, 1.165) is 18.8 Å². The lowest BCUT2D eigenvalue weighted by Gasteiger charge is -2.27. The average molecular weight is 231 g/mol. The maximum Gasteiger partial charge on any atom is 0.0963 e. The van der Waals surface area contributed by atoms with Gasteiger partial charge in [-0.15, -0.1) is 22.9 Å². The quantitative estimate of drug-likeness (QED) is 0.791. The van der Waals surface area contributed by atoms with E-state index in [1.807, 2.05) is 0 Å². The molecule has 1 saturated heterocycles. The Morgan fingerprint density at radius 2 is 2.57 bits per heavy atom. The molecule has 0 spiro atoms. The summed E-state index contributed by atoms with van der Waals surface area (Å²) in [5.74, 6) is 1.87. The molecule has 14 heavy (non-hydrogen) atoms. The molecule has 1 aromatic rings. The molecule has 0 saturated carbocycles. The predicted octanol–water partition coefficient (Wildman–Crippen LogP) is 2.59. The van der Waals surface area contributed by atoms with Crippen molar-refractivity contribution in [2.75, 3.05) is 13.1 Å². The van der Waals surface area contributed by atoms with Gasteiger partial charge in [0.25, 0.3) is 0 Å². The molecule has 4 heteroatoms. The van der Waals surface area contributed by atoms with Crippen molar-refractivity contribution in [3.05, 3.63) is 16.1 Å². The van der Waals surface area contributed by atoms with E-state index in [0.29, 0.717) is 17.7 Å². The van der Waals surface area contributed by atoms with Crippen LogP contribution in [0, 0.1) is 5.92 Å². The van der Waals surface area contributed by atoms with Gasteiger partial charge in [0, 0.05) is 11.3 Å². The van der Waals surface area contributed by atoms with E-state index in [4.69, 9.17) is 11.6 Å². The van der Waals surface area contributed by atoms with Gasteiger partial charge in [0.05, 0.1) is 16.6 Å². The number of aromatic nitrogens is 1. The molecule has 0 amide bonds. The number of nitrogens with zero attached hydrogens (tertiary/aromatic N) is 1. The second kappa shape index (κ2) is 4.60. The Hall–Kier alpha value is -0.120. The van der Waals surface area contributed by atoms with E-state index in [9.17, 15) is 0 Å². The highest BCUT2D eigenvalue weighted by atomic mass is 35.5. The fraction of sp³-hybridized carbons (Fsp3) is 0.700. The molecule has 78 valence electrons. The largest absolute Gasteiger partial charge is 0.316 e. The summed E-state index contributed by atoms with van der Waals surface area (Å²) in [5.41, 5.74) is 1.03. The van der Waals surface area contributed by atoms with E-state index < -0.39 is 0 Å². The van der Waals surface area contributed by atoms with E-state index >= 15 is 0 Å². The Kier molecular flexibility index (Phi) is 3.42. The Morgan fingerprint density at radius 3 is 3.21 bits per heavy atom. The number of halogens is 1. The van der Waals surface area contributed by atoms with Crippen molar-refractivity contribution in [3.8, 4) is 0 Å². The molecule has 1 aliphatic rings. The minimum absolute atomic E-state index is 0.538. The van der Waals surface area contributed by atoms with Crippen molar-refractivity contribution in [3.63, 3.8) is 0 Å². The normalized spacial score (nSPS) is 27.9. The summed E-state index contributed by atoms with van der Waals surface area (Å²) in [4.78, 5) is 4.56. The number of piperidine rings is 1. The fourth-order valence-electron chi connectivity index (χ4n) is 1.94. The summed E-state index contributed by atoms with van der Waals surface area (Å²) in [5, 5.41) is 6.76. The minimum atomic E-state index is 0.538. The number of thiazole rings is 1. The Morgan fingerprint density at radius 1 is 1.71 bits per heavy atom. The van der Waals surface area contributed by atoms with Gasteiger partial charge in [-0.05, 0) is 25.4 Å². The predicted molar refractivity (Wildman–Crippen MR) is 61.1 cm³/mol. The minimum Gasteiger partial charge on any atom is -0.316 e. The second-order valence-electron chi connectivity index (χ2n) is 3.89. The Labute approximate surface area is 93.7 Å². The van der Waals surface area contributed by atoms with Gasteiger partial charge < -0.3 is 5.32 Å². The number of alkyl halides is 1. The van der Waals surface area contributed by atoms with Gasteiger partial charge in [0.2, 0.25) is 0 Å². The van der Waals surface area contributed by atoms with Crippen molar-refractivity contribution < 1.29 is 0 Å². The van der Waals surface area contributed by atoms with Crippen molar-refractivity contribution in [2.45, 2.75) is 25.1 Å². The molecular weight excluding hydrogens is 216 g/mol. The molecule has 2 rings (SSSR count). The van der Waals surface area contributed by atoms with E-state index in [1.54, 1.807) is 11.3 Å². The third-order valence-corrected chi connectivity index (χ3v) is 4.11. The van der Waals surface area contributed by atoms with Crippen LogP contribution in [0.2, 0.25) is 0 Å². The van der Waals surface area contributed by atoms with Crippen LogP contribution in [-0.2, 0) is 5.88 Å². The average Bonchev–Trinajstić information content (AvgIpc) is 2.67. The van der Waals surface area contributed by atoms with Crippen LogP contribution in [0.1, 0.15) is 30.0 Å². The highest BCUT2D eigenvalue weighted by Crippen LogP contribution is 2.32. The zero-order chi connectivity index (χ0) is 9.97. The lowest BCUT2D eigenvalue weighted by atomic mass is 9.88. The Bertz CT molecular complexity index is 300. The monoisotopic (exact) mass is 230 g/mol. The van der Waals surface area contributed by atoms with Crippen LogP contribution < -0.4 is 5.32 Å². The molecule has 1 aromatic heterocycles. The molecular formula is C10H15ClN2S. The van der Waals surface area contributed by atoms with Crippen molar-refractivity contribution >= 4 is 22.9 Å². The number of rotatable bonds is 2. The van der Waals surface area contributed by atoms with Crippen LogP contribution in [-0.4, -0.2) is 18.1 Å². The molecule has 2 atom stereocenters. The van der Waals surface area contributed by atoms with Crippen LogP contribution >= 0.6 is 22.9 Å². The van der Waals surface area contributed by atoms with Gasteiger partial charge in [-0.3, -0.25) is 0 Å². The highest BCUT2D eigenvalue weighted by Gasteiger charge is 2.24. The summed E-state index contributed by atoms with van der Waals surface area (Å²) in [6.45, 7) is 4.52. The summed E-state index contributed by atoms with van der Waals surface area (Å²) >= 11 is 7.51. The third kappa shape index (κ3) is 2.10. The number of hydrogen-bond donors (Lipinski definition) is 1. The molecule has 1 N–H and O–H groups in total. The SMILES string of the molecule is CC1CNCCC1c1nc(CCl)cs1. The summed E-state index contributed by atoms with van der Waals surface area (Å²) in [6, 6.07) is 0. The van der Waals surface area contributed by atoms with Crippen LogP contribution in [0.4, 0.5) is 0 Å². The van der Waals surface area contributed by atoms with E-state index in [1.165, 1.54) is 11.4 Å². The van der Waals surface area contributed by atoms with Gasteiger partial charge in [-0.1, -0.05) is 6.92 Å². The number of hydrogen-bond acceptors (Lipinski definition) is 3. The van der Waals surface area contributed by atoms with Gasteiger partial charge in [0.1, 0.15) is 0 Å². The molecule has 2 unspecified atom stereocenters. The van der Waals surface area contributed by atoms with E-state index in [-0.39, 0.29) is 0 Å². The van der Waals surface area contributed by atoms with Gasteiger partial charge in [-0.2, -0.15) is 0 Å². The molecule has 0 bridgehead atoms.